The van der Waals surface area contributed by atoms with E-state index >= 15 is 0 Å². The minimum Gasteiger partial charge on any atom is -1.00 e. The van der Waals surface area contributed by atoms with Crippen LogP contribution >= 0.6 is 0 Å². The summed E-state index contributed by atoms with van der Waals surface area (Å²) < 4.78 is 3.34. The van der Waals surface area contributed by atoms with E-state index < -0.39 is 0 Å². The summed E-state index contributed by atoms with van der Waals surface area (Å²) in [5.74, 6) is 0. The summed E-state index contributed by atoms with van der Waals surface area (Å²) in [5, 5.41) is 5.32. The first-order chi connectivity index (χ1) is 9.93. The Balaban J connectivity index is 0.000000334. The monoisotopic (exact) mass is 404 g/mol. The number of halogens is 2. The van der Waals surface area contributed by atoms with Crippen molar-refractivity contribution in [1.82, 2.24) is 0 Å². The van der Waals surface area contributed by atoms with Gasteiger partial charge in [-0.25, -0.2) is 0 Å². The van der Waals surface area contributed by atoms with E-state index in [1.807, 2.05) is 0 Å². The maximum absolute atomic E-state index is 3.34. The second-order valence-corrected chi connectivity index (χ2v) is 4.31. The van der Waals surface area contributed by atoms with Crippen molar-refractivity contribution in [2.24, 2.45) is 0 Å². The van der Waals surface area contributed by atoms with Gasteiger partial charge in [-0.05, 0) is 0 Å². The Morgan fingerprint density at radius 1 is 0.591 bits per heavy atom. The number of rotatable bonds is 0. The molecule has 0 aromatic heterocycles. The molecule has 22 heavy (non-hydrogen) atoms. The van der Waals surface area contributed by atoms with E-state index in [-0.39, 0.29) is 24.8 Å². The van der Waals surface area contributed by atoms with Gasteiger partial charge in [-0.15, -0.1) is 59.3 Å². The fraction of sp³-hybridized carbons (Fsp3) is 0. The molecule has 0 spiro atoms. The molecule has 0 nitrogen and oxygen atoms in total. The van der Waals surface area contributed by atoms with E-state index in [1.165, 1.54) is 45.8 Å². The van der Waals surface area contributed by atoms with E-state index in [9.17, 15) is 0 Å². The SMILES string of the molecule is [CH2]=[Zr+2].[Cl-].[Cl-].c1ccc2[cH-]ccc2c1.c1ccc2[cH-]ccc2c1. The van der Waals surface area contributed by atoms with Crippen LogP contribution in [0, 0.1) is 0 Å². The van der Waals surface area contributed by atoms with Gasteiger partial charge in [-0.2, -0.15) is 35.0 Å². The number of fused-ring (bicyclic) bond motifs is 2. The van der Waals surface area contributed by atoms with Crippen LogP contribution in [0.4, 0.5) is 0 Å². The Bertz CT molecular complexity index is 644. The second kappa shape index (κ2) is 11.5. The zero-order chi connectivity index (χ0) is 14.2. The van der Waals surface area contributed by atoms with Crippen LogP contribution in [0.1, 0.15) is 0 Å². The minimum absolute atomic E-state index is 0. The molecule has 0 saturated carbocycles. The van der Waals surface area contributed by atoms with Gasteiger partial charge in [0.05, 0.1) is 0 Å². The van der Waals surface area contributed by atoms with Crippen LogP contribution in [0.3, 0.4) is 0 Å². The van der Waals surface area contributed by atoms with Gasteiger partial charge in [-0.1, -0.05) is 12.1 Å². The number of hydrogen-bond donors (Lipinski definition) is 0. The first-order valence-electron chi connectivity index (χ1n) is 6.50. The topological polar surface area (TPSA) is 0 Å². The largest absolute Gasteiger partial charge is 1.00 e. The first kappa shape index (κ1) is 21.0. The van der Waals surface area contributed by atoms with Crippen LogP contribution in [-0.4, -0.2) is 4.21 Å². The molecule has 0 atom stereocenters. The van der Waals surface area contributed by atoms with Crippen LogP contribution < -0.4 is 24.8 Å². The Morgan fingerprint density at radius 2 is 0.955 bits per heavy atom. The molecule has 0 amide bonds. The third-order valence-corrected chi connectivity index (χ3v) is 3.10. The predicted molar refractivity (Wildman–Crippen MR) is 86.2 cm³/mol. The zero-order valence-corrected chi connectivity index (χ0v) is 16.0. The van der Waals surface area contributed by atoms with Crippen molar-refractivity contribution in [3.63, 3.8) is 0 Å². The van der Waals surface area contributed by atoms with E-state index in [2.05, 4.69) is 89.1 Å². The predicted octanol–water partition coefficient (Wildman–Crippen LogP) is -0.909. The fourth-order valence-corrected chi connectivity index (χ4v) is 2.14. The third-order valence-electron chi connectivity index (χ3n) is 3.10. The van der Waals surface area contributed by atoms with Crippen molar-refractivity contribution < 1.29 is 49.0 Å². The molecule has 0 aliphatic heterocycles. The summed E-state index contributed by atoms with van der Waals surface area (Å²) in [4.78, 5) is 0. The normalized spacial score (nSPS) is 8.64. The van der Waals surface area contributed by atoms with Crippen LogP contribution in [0.2, 0.25) is 0 Å². The van der Waals surface area contributed by atoms with Crippen LogP contribution in [0.5, 0.6) is 0 Å². The van der Waals surface area contributed by atoms with Gasteiger partial charge < -0.3 is 24.8 Å². The Morgan fingerprint density at radius 3 is 1.32 bits per heavy atom. The summed E-state index contributed by atoms with van der Waals surface area (Å²) in [6.45, 7) is 0. The molecule has 0 aliphatic carbocycles. The molecular formula is C19H16Cl2Zr-2. The molecule has 3 heteroatoms. The van der Waals surface area contributed by atoms with E-state index in [0.717, 1.165) is 0 Å². The molecule has 4 rings (SSSR count). The Hall–Kier alpha value is -1.01. The molecule has 0 saturated heterocycles. The molecule has 4 aromatic carbocycles. The molecular weight excluding hydrogens is 390 g/mol. The summed E-state index contributed by atoms with van der Waals surface area (Å²) >= 11 is 1.30. The van der Waals surface area contributed by atoms with Gasteiger partial charge in [0.1, 0.15) is 0 Å². The molecule has 0 heterocycles. The molecule has 0 unspecified atom stereocenters. The molecule has 0 N–H and O–H groups in total. The third kappa shape index (κ3) is 5.65. The maximum Gasteiger partial charge on any atom is -0.0809 e. The smallest absolute Gasteiger partial charge is 0.0809 e. The van der Waals surface area contributed by atoms with Crippen molar-refractivity contribution >= 4 is 25.8 Å². The van der Waals surface area contributed by atoms with Crippen LogP contribution in [-0.2, 0) is 24.2 Å². The minimum atomic E-state index is 0. The first-order valence-corrected chi connectivity index (χ1v) is 8.23. The molecule has 112 valence electrons. The summed E-state index contributed by atoms with van der Waals surface area (Å²) in [6.07, 6.45) is 0. The van der Waals surface area contributed by atoms with Crippen molar-refractivity contribution in [2.75, 3.05) is 0 Å². The van der Waals surface area contributed by atoms with E-state index in [4.69, 9.17) is 0 Å². The Labute approximate surface area is 159 Å². The van der Waals surface area contributed by atoms with Crippen LogP contribution in [0.15, 0.2) is 84.9 Å². The molecule has 0 bridgehead atoms. The van der Waals surface area contributed by atoms with E-state index in [1.54, 1.807) is 0 Å². The van der Waals surface area contributed by atoms with Gasteiger partial charge in [-0.3, -0.25) is 0 Å². The van der Waals surface area contributed by atoms with Crippen molar-refractivity contribution in [3.05, 3.63) is 84.9 Å². The fourth-order valence-electron chi connectivity index (χ4n) is 2.14. The molecule has 4 aromatic rings. The van der Waals surface area contributed by atoms with Crippen molar-refractivity contribution in [3.8, 4) is 0 Å². The molecule has 0 fully saturated rings. The van der Waals surface area contributed by atoms with Gasteiger partial charge in [0.15, 0.2) is 0 Å². The number of hydrogen-bond acceptors (Lipinski definition) is 0. The molecule has 0 aliphatic rings. The van der Waals surface area contributed by atoms with Gasteiger partial charge in [0.25, 0.3) is 0 Å². The zero-order valence-electron chi connectivity index (χ0n) is 12.0. The second-order valence-electron chi connectivity index (χ2n) is 4.31. The molecule has 0 radical (unpaired) electrons. The van der Waals surface area contributed by atoms with Crippen molar-refractivity contribution in [2.45, 2.75) is 0 Å². The maximum atomic E-state index is 3.34. The summed E-state index contributed by atoms with van der Waals surface area (Å²) in [6, 6.07) is 29.3. The quantitative estimate of drug-likeness (QED) is 0.332. The average molecular weight is 406 g/mol. The Kier molecular flexibility index (Phi) is 11.0. The van der Waals surface area contributed by atoms with Gasteiger partial charge >= 0.3 is 28.4 Å². The van der Waals surface area contributed by atoms with Crippen LogP contribution in [0.25, 0.3) is 21.5 Å². The van der Waals surface area contributed by atoms with Crippen molar-refractivity contribution in [1.29, 1.82) is 0 Å². The van der Waals surface area contributed by atoms with Gasteiger partial charge in [0.2, 0.25) is 0 Å². The summed E-state index contributed by atoms with van der Waals surface area (Å²) in [7, 11) is 0. The van der Waals surface area contributed by atoms with E-state index in [0.29, 0.717) is 0 Å². The standard InChI is InChI=1S/2C9H7.CH2.2ClH.Zr/c2*1-2-5-9-7-3-6-8(9)4-1;;;;/h2*1-7H;1H2;2*1H;/q2*-1;;;;+2/p-2. The summed E-state index contributed by atoms with van der Waals surface area (Å²) in [5.41, 5.74) is 0. The average Bonchev–Trinajstić information content (AvgIpc) is 3.18. The van der Waals surface area contributed by atoms with Gasteiger partial charge in [0, 0.05) is 0 Å². The number of benzene rings is 2.